The van der Waals surface area contributed by atoms with Crippen LogP contribution in [0, 0.1) is 22.6 Å². The Morgan fingerprint density at radius 1 is 1.20 bits per heavy atom. The van der Waals surface area contributed by atoms with Gasteiger partial charge in [-0.25, -0.2) is 4.39 Å². The summed E-state index contributed by atoms with van der Waals surface area (Å²) in [4.78, 5) is 22.8. The van der Waals surface area contributed by atoms with Crippen molar-refractivity contribution in [2.24, 2.45) is 17.0 Å². The molecule has 0 saturated heterocycles. The minimum Gasteiger partial charge on any atom is -0.405 e. The predicted molar refractivity (Wildman–Crippen MR) is 126 cm³/mol. The van der Waals surface area contributed by atoms with E-state index in [9.17, 15) is 22.9 Å². The zero-order valence-corrected chi connectivity index (χ0v) is 19.6. The zero-order valence-electron chi connectivity index (χ0n) is 19.6. The van der Waals surface area contributed by atoms with Crippen molar-refractivity contribution < 1.29 is 27.1 Å². The summed E-state index contributed by atoms with van der Waals surface area (Å²) in [5.41, 5.74) is 0.753. The quantitative estimate of drug-likeness (QED) is 0.178. The van der Waals surface area contributed by atoms with Gasteiger partial charge in [0.05, 0.1) is 0 Å². The standard InChI is InChI=1S/C27H27F4NO3/c1-16-8-19-4-3-7-26(13-16,14-19)22-11-20(12-23(28)25(22)32-34)21-10-18(9-17(2)15-33)5-6-24(21)35-27(29,30)31/h5-6,9-12,15-16,19H,3-4,7-8,13-14H2,1-2H3/b17-9+. The Hall–Kier alpha value is -3.03. The van der Waals surface area contributed by atoms with E-state index < -0.39 is 23.3 Å². The maximum atomic E-state index is 15.3. The molecule has 3 unspecified atom stereocenters. The van der Waals surface area contributed by atoms with Crippen molar-refractivity contribution in [2.45, 2.75) is 64.1 Å². The fourth-order valence-electron chi connectivity index (χ4n) is 6.17. The van der Waals surface area contributed by atoms with Crippen molar-refractivity contribution in [1.29, 1.82) is 0 Å². The molecule has 0 spiro atoms. The summed E-state index contributed by atoms with van der Waals surface area (Å²) in [6.45, 7) is 3.71. The predicted octanol–water partition coefficient (Wildman–Crippen LogP) is 8.25. The van der Waals surface area contributed by atoms with Crippen LogP contribution in [0.4, 0.5) is 23.2 Å². The molecular formula is C27H27F4NO3. The molecule has 4 rings (SSSR count). The van der Waals surface area contributed by atoms with E-state index in [-0.39, 0.29) is 16.8 Å². The van der Waals surface area contributed by atoms with Crippen molar-refractivity contribution in [3.63, 3.8) is 0 Å². The summed E-state index contributed by atoms with van der Waals surface area (Å²) in [7, 11) is 0. The number of rotatable bonds is 6. The van der Waals surface area contributed by atoms with Gasteiger partial charge in [-0.1, -0.05) is 25.8 Å². The Morgan fingerprint density at radius 2 is 1.97 bits per heavy atom. The second-order valence-electron chi connectivity index (χ2n) is 10.0. The van der Waals surface area contributed by atoms with Crippen LogP contribution >= 0.6 is 0 Å². The van der Waals surface area contributed by atoms with Crippen LogP contribution in [0.25, 0.3) is 17.2 Å². The summed E-state index contributed by atoms with van der Waals surface area (Å²) in [6.07, 6.45) is 2.61. The Kier molecular flexibility index (Phi) is 6.84. The number of hydrogen-bond acceptors (Lipinski definition) is 4. The van der Waals surface area contributed by atoms with Crippen LogP contribution in [-0.2, 0) is 10.2 Å². The Balaban J connectivity index is 1.92. The van der Waals surface area contributed by atoms with Gasteiger partial charge >= 0.3 is 6.36 Å². The van der Waals surface area contributed by atoms with E-state index in [0.29, 0.717) is 34.8 Å². The third kappa shape index (κ3) is 5.31. The summed E-state index contributed by atoms with van der Waals surface area (Å²) in [5, 5.41) is 3.01. The average molecular weight is 490 g/mol. The van der Waals surface area contributed by atoms with Crippen molar-refractivity contribution in [3.8, 4) is 16.9 Å². The fraction of sp³-hybridized carbons (Fsp3) is 0.444. The summed E-state index contributed by atoms with van der Waals surface area (Å²) in [5.74, 6) is -0.524. The SMILES string of the molecule is C/C(C=O)=C\c1ccc(OC(F)(F)F)c(-c2cc(F)c(N=O)c(C34CCCC(CC(C)C3)C4)c2)c1. The Labute approximate surface area is 201 Å². The van der Waals surface area contributed by atoms with Crippen molar-refractivity contribution >= 4 is 18.0 Å². The lowest BCUT2D eigenvalue weighted by Gasteiger charge is -2.48. The van der Waals surface area contributed by atoms with Crippen LogP contribution in [0.1, 0.15) is 63.5 Å². The van der Waals surface area contributed by atoms with Crippen LogP contribution in [0.5, 0.6) is 5.75 Å². The molecule has 3 atom stereocenters. The van der Waals surface area contributed by atoms with E-state index in [0.717, 1.165) is 50.7 Å². The zero-order chi connectivity index (χ0) is 25.4. The largest absolute Gasteiger partial charge is 0.573 e. The van der Waals surface area contributed by atoms with E-state index in [1.54, 1.807) is 13.0 Å². The van der Waals surface area contributed by atoms with E-state index in [1.165, 1.54) is 18.2 Å². The second kappa shape index (κ2) is 9.55. The van der Waals surface area contributed by atoms with Crippen LogP contribution in [0.15, 0.2) is 41.1 Å². The Morgan fingerprint density at radius 3 is 2.66 bits per heavy atom. The highest BCUT2D eigenvalue weighted by atomic mass is 19.4. The molecule has 8 heteroatoms. The molecular weight excluding hydrogens is 462 g/mol. The first-order valence-electron chi connectivity index (χ1n) is 11.7. The van der Waals surface area contributed by atoms with Crippen molar-refractivity contribution in [3.05, 3.63) is 57.8 Å². The van der Waals surface area contributed by atoms with Gasteiger partial charge in [0.1, 0.15) is 17.7 Å². The summed E-state index contributed by atoms with van der Waals surface area (Å²) in [6, 6.07) is 6.60. The highest BCUT2D eigenvalue weighted by molar-refractivity contribution is 5.83. The maximum absolute atomic E-state index is 15.3. The molecule has 0 radical (unpaired) electrons. The minimum atomic E-state index is -4.95. The smallest absolute Gasteiger partial charge is 0.405 e. The lowest BCUT2D eigenvalue weighted by atomic mass is 9.56. The molecule has 0 N–H and O–H groups in total. The number of hydrogen-bond donors (Lipinski definition) is 0. The number of carbonyl (C=O) groups is 1. The van der Waals surface area contributed by atoms with E-state index in [1.807, 2.05) is 0 Å². The van der Waals surface area contributed by atoms with Crippen LogP contribution in [0.3, 0.4) is 0 Å². The number of benzene rings is 2. The second-order valence-corrected chi connectivity index (χ2v) is 10.0. The first-order chi connectivity index (χ1) is 16.5. The molecule has 2 aromatic rings. The van der Waals surface area contributed by atoms with E-state index in [4.69, 9.17) is 0 Å². The van der Waals surface area contributed by atoms with E-state index in [2.05, 4.69) is 16.8 Å². The number of aldehydes is 1. The molecule has 2 aliphatic carbocycles. The lowest BCUT2D eigenvalue weighted by molar-refractivity contribution is -0.274. The van der Waals surface area contributed by atoms with Gasteiger partial charge in [-0.3, -0.25) is 4.79 Å². The van der Waals surface area contributed by atoms with Gasteiger partial charge in [0, 0.05) is 5.56 Å². The van der Waals surface area contributed by atoms with Crippen molar-refractivity contribution in [2.75, 3.05) is 0 Å². The van der Waals surface area contributed by atoms with Crippen LogP contribution < -0.4 is 4.74 Å². The molecule has 2 fully saturated rings. The van der Waals surface area contributed by atoms with Gasteiger partial charge in [0.25, 0.3) is 0 Å². The molecule has 0 heterocycles. The van der Waals surface area contributed by atoms with Gasteiger partial charge in [-0.05, 0) is 108 Å². The van der Waals surface area contributed by atoms with Crippen LogP contribution in [0.2, 0.25) is 0 Å². The molecule has 186 valence electrons. The number of carbonyl (C=O) groups excluding carboxylic acids is 1. The highest BCUT2D eigenvalue weighted by Gasteiger charge is 2.45. The van der Waals surface area contributed by atoms with Gasteiger partial charge < -0.3 is 4.74 Å². The molecule has 35 heavy (non-hydrogen) atoms. The normalized spacial score (nSPS) is 24.7. The fourth-order valence-corrected chi connectivity index (χ4v) is 6.17. The number of alkyl halides is 3. The number of fused-ring (bicyclic) bond motifs is 2. The molecule has 0 amide bonds. The van der Waals surface area contributed by atoms with E-state index >= 15 is 4.39 Å². The molecule has 0 aliphatic heterocycles. The van der Waals surface area contributed by atoms with Gasteiger partial charge in [-0.2, -0.15) is 0 Å². The Bertz CT molecular complexity index is 1170. The summed E-state index contributed by atoms with van der Waals surface area (Å²) < 4.78 is 59.1. The lowest BCUT2D eigenvalue weighted by Crippen LogP contribution is -2.39. The maximum Gasteiger partial charge on any atom is 0.573 e. The van der Waals surface area contributed by atoms with Gasteiger partial charge in [0.2, 0.25) is 0 Å². The molecule has 4 nitrogen and oxygen atoms in total. The molecule has 2 saturated carbocycles. The monoisotopic (exact) mass is 489 g/mol. The molecule has 2 aliphatic rings. The third-order valence-electron chi connectivity index (χ3n) is 7.27. The molecule has 2 aromatic carbocycles. The minimum absolute atomic E-state index is 0.0139. The first kappa shape index (κ1) is 25.1. The highest BCUT2D eigenvalue weighted by Crippen LogP contribution is 2.55. The number of allylic oxidation sites excluding steroid dienone is 1. The number of halogens is 4. The number of ether oxygens (including phenoxy) is 1. The third-order valence-corrected chi connectivity index (χ3v) is 7.27. The van der Waals surface area contributed by atoms with Gasteiger partial charge in [-0.15, -0.1) is 18.1 Å². The molecule has 0 aromatic heterocycles. The van der Waals surface area contributed by atoms with Gasteiger partial charge in [0.15, 0.2) is 5.82 Å². The first-order valence-corrected chi connectivity index (χ1v) is 11.7. The van der Waals surface area contributed by atoms with Crippen molar-refractivity contribution in [1.82, 2.24) is 0 Å². The average Bonchev–Trinajstić information content (AvgIpc) is 2.78. The molecule has 2 bridgehead atoms. The summed E-state index contributed by atoms with van der Waals surface area (Å²) >= 11 is 0. The topological polar surface area (TPSA) is 55.7 Å². The number of nitrogens with zero attached hydrogens (tertiary/aromatic N) is 1. The van der Waals surface area contributed by atoms with Crippen LogP contribution in [-0.4, -0.2) is 12.6 Å². The number of nitroso groups, excluding NO2 is 1.